The Morgan fingerprint density at radius 3 is 2.30 bits per heavy atom. The predicted molar refractivity (Wildman–Crippen MR) is 85.2 cm³/mol. The van der Waals surface area contributed by atoms with Crippen LogP contribution in [-0.2, 0) is 9.84 Å². The van der Waals surface area contributed by atoms with E-state index in [1.54, 1.807) is 12.1 Å². The fourth-order valence-corrected chi connectivity index (χ4v) is 2.98. The van der Waals surface area contributed by atoms with Crippen LogP contribution < -0.4 is 5.32 Å². The number of hydrogen-bond acceptors (Lipinski definition) is 5. The van der Waals surface area contributed by atoms with Crippen LogP contribution in [0, 0.1) is 10.1 Å². The summed E-state index contributed by atoms with van der Waals surface area (Å²) in [6, 6.07) is 11.1. The first kappa shape index (κ1) is 16.6. The highest BCUT2D eigenvalue weighted by Gasteiger charge is 2.18. The van der Waals surface area contributed by atoms with Gasteiger partial charge < -0.3 is 5.32 Å². The molecule has 0 spiro atoms. The molecule has 0 radical (unpaired) electrons. The maximum absolute atomic E-state index is 12.2. The maximum atomic E-state index is 12.2. The van der Waals surface area contributed by atoms with Crippen LogP contribution in [0.1, 0.15) is 17.3 Å². The van der Waals surface area contributed by atoms with Gasteiger partial charge in [0, 0.05) is 17.7 Å². The van der Waals surface area contributed by atoms with E-state index in [2.05, 4.69) is 5.32 Å². The van der Waals surface area contributed by atoms with Crippen LogP contribution in [0.25, 0.3) is 0 Å². The Labute approximate surface area is 133 Å². The summed E-state index contributed by atoms with van der Waals surface area (Å²) in [6.45, 7) is 1.52. The standard InChI is InChI=1S/C15H14N2O5S/c1-2-23(21,22)14-6-4-3-5-13(14)16-15(18)11-7-9-12(10-8-11)17(19)20/h3-10H,2H2,1H3,(H,16,18). The summed E-state index contributed by atoms with van der Waals surface area (Å²) in [5, 5.41) is 13.1. The fourth-order valence-electron chi connectivity index (χ4n) is 1.93. The third-order valence-corrected chi connectivity index (χ3v) is 4.98. The molecule has 2 aromatic carbocycles. The molecule has 0 saturated heterocycles. The van der Waals surface area contributed by atoms with Crippen molar-refractivity contribution in [1.29, 1.82) is 0 Å². The van der Waals surface area contributed by atoms with Gasteiger partial charge in [-0.05, 0) is 24.3 Å². The topological polar surface area (TPSA) is 106 Å². The molecule has 0 aliphatic carbocycles. The second-order valence-electron chi connectivity index (χ2n) is 4.66. The number of nitro benzene ring substituents is 1. The van der Waals surface area contributed by atoms with Crippen molar-refractivity contribution in [2.24, 2.45) is 0 Å². The van der Waals surface area contributed by atoms with E-state index in [1.165, 1.54) is 43.3 Å². The van der Waals surface area contributed by atoms with Crippen molar-refractivity contribution in [1.82, 2.24) is 0 Å². The molecule has 0 aliphatic rings. The van der Waals surface area contributed by atoms with Gasteiger partial charge in [-0.15, -0.1) is 0 Å². The number of carbonyl (C=O) groups is 1. The second kappa shape index (κ2) is 6.57. The Hall–Kier alpha value is -2.74. The molecule has 0 aliphatic heterocycles. The van der Waals surface area contributed by atoms with Crippen LogP contribution in [0.5, 0.6) is 0 Å². The van der Waals surface area contributed by atoms with E-state index in [9.17, 15) is 23.3 Å². The number of carbonyl (C=O) groups excluding carboxylic acids is 1. The van der Waals surface area contributed by atoms with Crippen LogP contribution in [0.15, 0.2) is 53.4 Å². The lowest BCUT2D eigenvalue weighted by Crippen LogP contribution is -2.15. The second-order valence-corrected chi connectivity index (χ2v) is 6.90. The molecular formula is C15H14N2O5S. The molecule has 1 N–H and O–H groups in total. The zero-order valence-corrected chi connectivity index (χ0v) is 13.0. The van der Waals surface area contributed by atoms with E-state index in [0.29, 0.717) is 0 Å². The van der Waals surface area contributed by atoms with E-state index in [0.717, 1.165) is 0 Å². The number of rotatable bonds is 5. The van der Waals surface area contributed by atoms with Crippen LogP contribution in [0.3, 0.4) is 0 Å². The van der Waals surface area contributed by atoms with Gasteiger partial charge in [0.25, 0.3) is 11.6 Å². The van der Waals surface area contributed by atoms with Crippen molar-refractivity contribution in [3.63, 3.8) is 0 Å². The lowest BCUT2D eigenvalue weighted by molar-refractivity contribution is -0.384. The minimum Gasteiger partial charge on any atom is -0.321 e. The quantitative estimate of drug-likeness (QED) is 0.668. The van der Waals surface area contributed by atoms with Crippen molar-refractivity contribution < 1.29 is 18.1 Å². The van der Waals surface area contributed by atoms with Gasteiger partial charge in [0.05, 0.1) is 21.3 Å². The average Bonchev–Trinajstić information content (AvgIpc) is 2.55. The molecule has 0 heterocycles. The summed E-state index contributed by atoms with van der Waals surface area (Å²) in [6.07, 6.45) is 0. The molecule has 0 fully saturated rings. The molecule has 23 heavy (non-hydrogen) atoms. The van der Waals surface area contributed by atoms with E-state index in [-0.39, 0.29) is 27.6 Å². The highest BCUT2D eigenvalue weighted by molar-refractivity contribution is 7.91. The Balaban J connectivity index is 2.29. The molecule has 0 aromatic heterocycles. The lowest BCUT2D eigenvalue weighted by atomic mass is 10.2. The fraction of sp³-hybridized carbons (Fsp3) is 0.133. The van der Waals surface area contributed by atoms with E-state index >= 15 is 0 Å². The number of sulfone groups is 1. The van der Waals surface area contributed by atoms with Crippen LogP contribution in [-0.4, -0.2) is 25.0 Å². The number of anilines is 1. The van der Waals surface area contributed by atoms with Crippen molar-refractivity contribution in [2.45, 2.75) is 11.8 Å². The van der Waals surface area contributed by atoms with Crippen molar-refractivity contribution in [3.8, 4) is 0 Å². The van der Waals surface area contributed by atoms with Crippen molar-refractivity contribution >= 4 is 27.1 Å². The zero-order chi connectivity index (χ0) is 17.0. The third kappa shape index (κ3) is 3.72. The van der Waals surface area contributed by atoms with E-state index in [1.807, 2.05) is 0 Å². The highest BCUT2D eigenvalue weighted by Crippen LogP contribution is 2.23. The van der Waals surface area contributed by atoms with Gasteiger partial charge in [-0.1, -0.05) is 19.1 Å². The predicted octanol–water partition coefficient (Wildman–Crippen LogP) is 2.64. The first-order valence-corrected chi connectivity index (χ1v) is 8.38. The lowest BCUT2D eigenvalue weighted by Gasteiger charge is -2.10. The smallest absolute Gasteiger partial charge is 0.269 e. The maximum Gasteiger partial charge on any atom is 0.269 e. The van der Waals surface area contributed by atoms with Crippen LogP contribution in [0.2, 0.25) is 0 Å². The normalized spacial score (nSPS) is 11.0. The summed E-state index contributed by atoms with van der Waals surface area (Å²) in [5.74, 6) is -0.629. The Kier molecular flexibility index (Phi) is 4.75. The number of non-ortho nitro benzene ring substituents is 1. The van der Waals surface area contributed by atoms with Gasteiger partial charge >= 0.3 is 0 Å². The Bertz CT molecular complexity index is 844. The molecule has 0 atom stereocenters. The SMILES string of the molecule is CCS(=O)(=O)c1ccccc1NC(=O)c1ccc([N+](=O)[O-])cc1. The first-order valence-electron chi connectivity index (χ1n) is 6.72. The average molecular weight is 334 g/mol. The third-order valence-electron chi connectivity index (χ3n) is 3.19. The van der Waals surface area contributed by atoms with E-state index in [4.69, 9.17) is 0 Å². The molecule has 2 rings (SSSR count). The molecule has 0 saturated carbocycles. The van der Waals surface area contributed by atoms with Crippen LogP contribution in [0.4, 0.5) is 11.4 Å². The molecule has 7 nitrogen and oxygen atoms in total. The number of nitrogens with zero attached hydrogens (tertiary/aromatic N) is 1. The van der Waals surface area contributed by atoms with Crippen molar-refractivity contribution in [2.75, 3.05) is 11.1 Å². The molecule has 0 bridgehead atoms. The summed E-state index contributed by atoms with van der Waals surface area (Å²) in [4.78, 5) is 22.3. The number of benzene rings is 2. The summed E-state index contributed by atoms with van der Waals surface area (Å²) >= 11 is 0. The number of amides is 1. The molecule has 1 amide bonds. The molecule has 120 valence electrons. The van der Waals surface area contributed by atoms with Gasteiger partial charge in [0.1, 0.15) is 0 Å². The zero-order valence-electron chi connectivity index (χ0n) is 12.2. The summed E-state index contributed by atoms with van der Waals surface area (Å²) < 4.78 is 24.1. The Morgan fingerprint density at radius 2 is 1.74 bits per heavy atom. The van der Waals surface area contributed by atoms with Crippen LogP contribution >= 0.6 is 0 Å². The molecule has 8 heteroatoms. The number of para-hydroxylation sites is 1. The minimum absolute atomic E-state index is 0.0396. The molecular weight excluding hydrogens is 320 g/mol. The van der Waals surface area contributed by atoms with Crippen molar-refractivity contribution in [3.05, 3.63) is 64.2 Å². The number of nitro groups is 1. The largest absolute Gasteiger partial charge is 0.321 e. The highest BCUT2D eigenvalue weighted by atomic mass is 32.2. The Morgan fingerprint density at radius 1 is 1.13 bits per heavy atom. The molecule has 2 aromatic rings. The van der Waals surface area contributed by atoms with Gasteiger partial charge in [-0.2, -0.15) is 0 Å². The summed E-state index contributed by atoms with van der Waals surface area (Å²) in [5.41, 5.74) is 0.243. The minimum atomic E-state index is -3.48. The van der Waals surface area contributed by atoms with Gasteiger partial charge in [-0.3, -0.25) is 14.9 Å². The number of hydrogen-bond donors (Lipinski definition) is 1. The van der Waals surface area contributed by atoms with Gasteiger partial charge in [0.15, 0.2) is 9.84 Å². The van der Waals surface area contributed by atoms with E-state index < -0.39 is 20.7 Å². The first-order chi connectivity index (χ1) is 10.8. The van der Waals surface area contributed by atoms with Gasteiger partial charge in [0.2, 0.25) is 0 Å². The summed E-state index contributed by atoms with van der Waals surface area (Å²) in [7, 11) is -3.48. The number of nitrogens with one attached hydrogen (secondary N) is 1. The molecule has 0 unspecified atom stereocenters. The van der Waals surface area contributed by atoms with Gasteiger partial charge in [-0.25, -0.2) is 8.42 Å². The monoisotopic (exact) mass is 334 g/mol.